The zero-order valence-electron chi connectivity index (χ0n) is 5.14. The molecule has 0 spiro atoms. The number of nitrogens with two attached hydrogens (primary N) is 1. The fourth-order valence-electron chi connectivity index (χ4n) is 0.565. The number of nitrogens with zero attached hydrogens (tertiary/aromatic N) is 1. The summed E-state index contributed by atoms with van der Waals surface area (Å²) in [6.45, 7) is 0.332. The zero-order valence-corrected chi connectivity index (χ0v) is 6.73. The van der Waals surface area contributed by atoms with E-state index < -0.39 is 0 Å². The van der Waals surface area contributed by atoms with Gasteiger partial charge in [-0.05, 0) is 22.0 Å². The second-order valence-corrected chi connectivity index (χ2v) is 2.65. The van der Waals surface area contributed by atoms with E-state index in [2.05, 4.69) is 20.9 Å². The lowest BCUT2D eigenvalue weighted by Crippen LogP contribution is -1.99. The van der Waals surface area contributed by atoms with Crippen LogP contribution < -0.4 is 5.73 Å². The summed E-state index contributed by atoms with van der Waals surface area (Å²) < 4.78 is 12.9. The molecule has 0 saturated carbocycles. The lowest BCUT2D eigenvalue weighted by atomic mass is 10.3. The molecule has 54 valence electrons. The first-order valence-electron chi connectivity index (χ1n) is 2.74. The molecular formula is C6H6BrFN2. The molecule has 1 rings (SSSR count). The topological polar surface area (TPSA) is 38.9 Å². The maximum absolute atomic E-state index is 12.5. The van der Waals surface area contributed by atoms with Crippen molar-refractivity contribution in [1.82, 2.24) is 4.98 Å². The second kappa shape index (κ2) is 3.07. The van der Waals surface area contributed by atoms with Crippen LogP contribution in [0.15, 0.2) is 16.7 Å². The average molecular weight is 205 g/mol. The van der Waals surface area contributed by atoms with E-state index in [9.17, 15) is 4.39 Å². The standard InChI is InChI=1S/C6H6BrFN2/c7-5-1-4(2-9)10-3-6(5)8/h1,3H,2,9H2. The van der Waals surface area contributed by atoms with Crippen molar-refractivity contribution in [2.24, 2.45) is 5.73 Å². The van der Waals surface area contributed by atoms with Gasteiger partial charge in [0.05, 0.1) is 16.4 Å². The molecule has 0 unspecified atom stereocenters. The van der Waals surface area contributed by atoms with Gasteiger partial charge in [-0.3, -0.25) is 4.98 Å². The minimum atomic E-state index is -0.364. The number of aromatic nitrogens is 1. The Bertz CT molecular complexity index is 239. The van der Waals surface area contributed by atoms with Crippen LogP contribution in [0.2, 0.25) is 0 Å². The predicted octanol–water partition coefficient (Wildman–Crippen LogP) is 1.44. The first kappa shape index (κ1) is 7.63. The van der Waals surface area contributed by atoms with E-state index in [1.807, 2.05) is 0 Å². The molecule has 1 aromatic rings. The first-order chi connectivity index (χ1) is 4.74. The highest BCUT2D eigenvalue weighted by Gasteiger charge is 1.98. The Morgan fingerprint density at radius 1 is 1.70 bits per heavy atom. The molecule has 4 heteroatoms. The number of hydrogen-bond acceptors (Lipinski definition) is 2. The van der Waals surface area contributed by atoms with E-state index in [0.29, 0.717) is 16.7 Å². The van der Waals surface area contributed by atoms with E-state index >= 15 is 0 Å². The molecule has 0 aliphatic heterocycles. The Labute approximate surface area is 66.4 Å². The zero-order chi connectivity index (χ0) is 7.56. The Morgan fingerprint density at radius 2 is 2.40 bits per heavy atom. The minimum absolute atomic E-state index is 0.332. The van der Waals surface area contributed by atoms with E-state index in [1.165, 1.54) is 0 Å². The van der Waals surface area contributed by atoms with Crippen LogP contribution in [-0.4, -0.2) is 4.98 Å². The Balaban J connectivity index is 3.04. The largest absolute Gasteiger partial charge is 0.325 e. The van der Waals surface area contributed by atoms with Gasteiger partial charge < -0.3 is 5.73 Å². The third-order valence-electron chi connectivity index (χ3n) is 1.07. The molecule has 0 amide bonds. The summed E-state index contributed by atoms with van der Waals surface area (Å²) in [7, 11) is 0. The van der Waals surface area contributed by atoms with Gasteiger partial charge in [-0.2, -0.15) is 0 Å². The van der Waals surface area contributed by atoms with Crippen LogP contribution in [0.4, 0.5) is 4.39 Å². The average Bonchev–Trinajstić information content (AvgIpc) is 1.95. The molecular weight excluding hydrogens is 199 g/mol. The van der Waals surface area contributed by atoms with Gasteiger partial charge in [0.1, 0.15) is 0 Å². The van der Waals surface area contributed by atoms with Crippen molar-refractivity contribution in [1.29, 1.82) is 0 Å². The van der Waals surface area contributed by atoms with E-state index in [1.54, 1.807) is 6.07 Å². The highest BCUT2D eigenvalue weighted by atomic mass is 79.9. The number of rotatable bonds is 1. The monoisotopic (exact) mass is 204 g/mol. The van der Waals surface area contributed by atoms with Crippen molar-refractivity contribution in [3.63, 3.8) is 0 Å². The van der Waals surface area contributed by atoms with E-state index in [-0.39, 0.29) is 5.82 Å². The summed E-state index contributed by atoms with van der Waals surface area (Å²) >= 11 is 3.02. The fraction of sp³-hybridized carbons (Fsp3) is 0.167. The van der Waals surface area contributed by atoms with Gasteiger partial charge in [0.25, 0.3) is 0 Å². The molecule has 0 fully saturated rings. The van der Waals surface area contributed by atoms with Gasteiger partial charge in [-0.15, -0.1) is 0 Å². The van der Waals surface area contributed by atoms with Crippen LogP contribution in [0.25, 0.3) is 0 Å². The highest BCUT2D eigenvalue weighted by molar-refractivity contribution is 9.10. The van der Waals surface area contributed by atoms with Crippen LogP contribution in [0.1, 0.15) is 5.69 Å². The Kier molecular flexibility index (Phi) is 2.34. The quantitative estimate of drug-likeness (QED) is 0.753. The summed E-state index contributed by atoms with van der Waals surface area (Å²) in [5.74, 6) is -0.364. The van der Waals surface area contributed by atoms with Crippen molar-refractivity contribution in [3.05, 3.63) is 28.2 Å². The van der Waals surface area contributed by atoms with Gasteiger partial charge in [-0.25, -0.2) is 4.39 Å². The summed E-state index contributed by atoms with van der Waals surface area (Å²) in [6.07, 6.45) is 1.15. The molecule has 1 aromatic heterocycles. The second-order valence-electron chi connectivity index (χ2n) is 1.79. The van der Waals surface area contributed by atoms with Crippen LogP contribution in [0, 0.1) is 5.82 Å². The summed E-state index contributed by atoms with van der Waals surface area (Å²) in [4.78, 5) is 3.73. The molecule has 0 aliphatic carbocycles. The molecule has 0 atom stereocenters. The van der Waals surface area contributed by atoms with Gasteiger partial charge in [0.15, 0.2) is 5.82 Å². The molecule has 0 aliphatic rings. The molecule has 0 radical (unpaired) electrons. The van der Waals surface area contributed by atoms with E-state index in [0.717, 1.165) is 6.20 Å². The lowest BCUT2D eigenvalue weighted by Gasteiger charge is -1.96. The maximum Gasteiger partial charge on any atom is 0.155 e. The van der Waals surface area contributed by atoms with Crippen LogP contribution >= 0.6 is 15.9 Å². The lowest BCUT2D eigenvalue weighted by molar-refractivity contribution is 0.612. The van der Waals surface area contributed by atoms with Crippen molar-refractivity contribution in [2.75, 3.05) is 0 Å². The van der Waals surface area contributed by atoms with Gasteiger partial charge >= 0.3 is 0 Å². The molecule has 2 nitrogen and oxygen atoms in total. The summed E-state index contributed by atoms with van der Waals surface area (Å²) in [5.41, 5.74) is 5.94. The smallest absolute Gasteiger partial charge is 0.155 e. The minimum Gasteiger partial charge on any atom is -0.325 e. The van der Waals surface area contributed by atoms with Crippen LogP contribution in [0.5, 0.6) is 0 Å². The molecule has 2 N–H and O–H groups in total. The van der Waals surface area contributed by atoms with E-state index in [4.69, 9.17) is 5.73 Å². The van der Waals surface area contributed by atoms with Crippen molar-refractivity contribution < 1.29 is 4.39 Å². The SMILES string of the molecule is NCc1cc(Br)c(F)cn1. The van der Waals surface area contributed by atoms with Crippen molar-refractivity contribution >= 4 is 15.9 Å². The third kappa shape index (κ3) is 1.52. The molecule has 0 bridgehead atoms. The summed E-state index contributed by atoms with van der Waals surface area (Å²) in [6, 6.07) is 1.56. The summed E-state index contributed by atoms with van der Waals surface area (Å²) in [5, 5.41) is 0. The molecule has 10 heavy (non-hydrogen) atoms. The molecule has 1 heterocycles. The highest BCUT2D eigenvalue weighted by Crippen LogP contribution is 2.13. The van der Waals surface area contributed by atoms with Crippen molar-refractivity contribution in [2.45, 2.75) is 6.54 Å². The fourth-order valence-corrected chi connectivity index (χ4v) is 0.932. The third-order valence-corrected chi connectivity index (χ3v) is 1.68. The first-order valence-corrected chi connectivity index (χ1v) is 3.53. The van der Waals surface area contributed by atoms with Gasteiger partial charge in [-0.1, -0.05) is 0 Å². The molecule has 0 aromatic carbocycles. The maximum atomic E-state index is 12.5. The Hall–Kier alpha value is -0.480. The predicted molar refractivity (Wildman–Crippen MR) is 39.8 cm³/mol. The molecule has 0 saturated heterocycles. The van der Waals surface area contributed by atoms with Gasteiger partial charge in [0.2, 0.25) is 0 Å². The van der Waals surface area contributed by atoms with Gasteiger partial charge in [0, 0.05) is 6.54 Å². The normalized spacial score (nSPS) is 9.90. The number of pyridine rings is 1. The Morgan fingerprint density at radius 3 is 2.90 bits per heavy atom. The number of halogens is 2. The van der Waals surface area contributed by atoms with Crippen LogP contribution in [-0.2, 0) is 6.54 Å². The van der Waals surface area contributed by atoms with Crippen molar-refractivity contribution in [3.8, 4) is 0 Å². The number of hydrogen-bond donors (Lipinski definition) is 1. The van der Waals surface area contributed by atoms with Crippen LogP contribution in [0.3, 0.4) is 0 Å².